The maximum Gasteiger partial charge on any atom is 0.432 e. The number of fused-ring (bicyclic) bond motifs is 2. The van der Waals surface area contributed by atoms with Crippen LogP contribution in [-0.2, 0) is 0 Å². The molecule has 0 fully saturated rings. The number of carboxylic acid groups (broad SMARTS) is 1. The summed E-state index contributed by atoms with van der Waals surface area (Å²) in [5.74, 6) is 1.10. The molecule has 0 aromatic heterocycles. The number of oxime groups is 1. The molecule has 7 nitrogen and oxygen atoms in total. The second kappa shape index (κ2) is 8.16. The predicted octanol–water partition coefficient (Wildman–Crippen LogP) is 4.50. The molecule has 1 aliphatic heterocycles. The molecule has 0 unspecified atom stereocenters. The van der Waals surface area contributed by atoms with Crippen LogP contribution in [0.1, 0.15) is 37.4 Å². The number of nitrogens with zero attached hydrogens (tertiary/aromatic N) is 2. The fraction of sp³-hybridized carbons (Fsp3) is 0.222. The molecule has 3 N–H and O–H groups in total. The highest BCUT2D eigenvalue weighted by molar-refractivity contribution is 5.80. The Morgan fingerprint density at radius 3 is 1.96 bits per heavy atom. The minimum absolute atomic E-state index is 0.306. The van der Waals surface area contributed by atoms with Crippen LogP contribution in [0.25, 0.3) is 0 Å². The van der Waals surface area contributed by atoms with Crippen molar-refractivity contribution in [3.63, 3.8) is 0 Å². The molecular weight excluding hydrogens is 324 g/mol. The molecule has 0 spiro atoms. The van der Waals surface area contributed by atoms with Gasteiger partial charge in [-0.05, 0) is 25.5 Å². The Labute approximate surface area is 145 Å². The summed E-state index contributed by atoms with van der Waals surface area (Å²) in [5, 5.41) is 30.0. The summed E-state index contributed by atoms with van der Waals surface area (Å²) >= 11 is 0. The normalized spacial score (nSPS) is 12.8. The third-order valence-electron chi connectivity index (χ3n) is 3.77. The molecule has 0 saturated carbocycles. The first kappa shape index (κ1) is 18.3. The standard InChI is InChI=1S/C14H11NO4.C4H9NO/c16-14(17)15(18)13-9-5-1-3-7-11(9)19-12-8-4-2-6-10(12)13;1-3-4(2)5-6/h1-8,13,18H,(H,16,17);6H,3H2,1-2H3. The zero-order valence-corrected chi connectivity index (χ0v) is 14.0. The van der Waals surface area contributed by atoms with Gasteiger partial charge in [0, 0.05) is 11.1 Å². The zero-order chi connectivity index (χ0) is 18.4. The molecule has 0 saturated heterocycles. The van der Waals surface area contributed by atoms with Crippen LogP contribution in [0.4, 0.5) is 4.79 Å². The van der Waals surface area contributed by atoms with Crippen LogP contribution in [0.2, 0.25) is 0 Å². The van der Waals surface area contributed by atoms with Gasteiger partial charge in [0.25, 0.3) is 0 Å². The highest BCUT2D eigenvalue weighted by Crippen LogP contribution is 2.44. The second-order valence-electron chi connectivity index (χ2n) is 5.40. The summed E-state index contributed by atoms with van der Waals surface area (Å²) in [6.45, 7) is 3.72. The number of para-hydroxylation sites is 2. The Kier molecular flexibility index (Phi) is 5.97. The van der Waals surface area contributed by atoms with E-state index in [4.69, 9.17) is 15.1 Å². The maximum atomic E-state index is 11.1. The van der Waals surface area contributed by atoms with Crippen molar-refractivity contribution in [3.8, 4) is 11.5 Å². The van der Waals surface area contributed by atoms with Gasteiger partial charge in [-0.25, -0.2) is 4.79 Å². The van der Waals surface area contributed by atoms with Crippen LogP contribution in [0.5, 0.6) is 11.5 Å². The molecule has 1 heterocycles. The number of amides is 1. The smallest absolute Gasteiger partial charge is 0.432 e. The van der Waals surface area contributed by atoms with Gasteiger partial charge in [-0.1, -0.05) is 48.5 Å². The maximum absolute atomic E-state index is 11.1. The second-order valence-corrected chi connectivity index (χ2v) is 5.40. The lowest BCUT2D eigenvalue weighted by atomic mass is 9.94. The average molecular weight is 344 g/mol. The first-order valence-electron chi connectivity index (χ1n) is 7.73. The van der Waals surface area contributed by atoms with Crippen LogP contribution in [0, 0.1) is 0 Å². The lowest BCUT2D eigenvalue weighted by molar-refractivity contribution is -0.0886. The molecule has 3 rings (SSSR count). The van der Waals surface area contributed by atoms with Crippen LogP contribution in [0.3, 0.4) is 0 Å². The van der Waals surface area contributed by atoms with E-state index in [1.54, 1.807) is 55.5 Å². The minimum atomic E-state index is -1.41. The minimum Gasteiger partial charge on any atom is -0.463 e. The zero-order valence-electron chi connectivity index (χ0n) is 14.0. The quantitative estimate of drug-likeness (QED) is 0.322. The van der Waals surface area contributed by atoms with Crippen LogP contribution >= 0.6 is 0 Å². The lowest BCUT2D eigenvalue weighted by Gasteiger charge is -2.31. The van der Waals surface area contributed by atoms with Gasteiger partial charge < -0.3 is 15.1 Å². The van der Waals surface area contributed by atoms with Gasteiger partial charge in [0.2, 0.25) is 0 Å². The number of carbonyl (C=O) groups is 1. The first-order valence-corrected chi connectivity index (χ1v) is 7.73. The SMILES string of the molecule is CCC(C)=NO.O=C(O)N(O)C1c2ccccc2Oc2ccccc21. The third-order valence-corrected chi connectivity index (χ3v) is 3.77. The molecule has 0 bridgehead atoms. The molecular formula is C18H20N2O5. The lowest BCUT2D eigenvalue weighted by Crippen LogP contribution is -2.32. The van der Waals surface area contributed by atoms with Gasteiger partial charge in [0.1, 0.15) is 17.5 Å². The fourth-order valence-corrected chi connectivity index (χ4v) is 2.33. The van der Waals surface area contributed by atoms with Crippen LogP contribution in [0.15, 0.2) is 53.7 Å². The number of rotatable bonds is 2. The van der Waals surface area contributed by atoms with Crippen molar-refractivity contribution in [2.24, 2.45) is 5.16 Å². The van der Waals surface area contributed by atoms with E-state index in [-0.39, 0.29) is 0 Å². The monoisotopic (exact) mass is 344 g/mol. The summed E-state index contributed by atoms with van der Waals surface area (Å²) in [4.78, 5) is 11.1. The van der Waals surface area contributed by atoms with Crippen molar-refractivity contribution in [2.75, 3.05) is 0 Å². The fourth-order valence-electron chi connectivity index (χ4n) is 2.33. The first-order chi connectivity index (χ1) is 12.0. The number of ether oxygens (including phenoxy) is 1. The van der Waals surface area contributed by atoms with Gasteiger partial charge >= 0.3 is 6.09 Å². The van der Waals surface area contributed by atoms with E-state index in [1.165, 1.54) is 0 Å². The Hall–Kier alpha value is -3.06. The average Bonchev–Trinajstić information content (AvgIpc) is 2.65. The number of benzene rings is 2. The third kappa shape index (κ3) is 4.07. The van der Waals surface area contributed by atoms with Gasteiger partial charge in [-0.15, -0.1) is 0 Å². The van der Waals surface area contributed by atoms with E-state index in [0.29, 0.717) is 27.7 Å². The van der Waals surface area contributed by atoms with E-state index < -0.39 is 12.1 Å². The molecule has 2 aromatic rings. The van der Waals surface area contributed by atoms with Crippen molar-refractivity contribution in [2.45, 2.75) is 26.3 Å². The molecule has 2 aromatic carbocycles. The van der Waals surface area contributed by atoms with Gasteiger partial charge in [-0.3, -0.25) is 5.21 Å². The summed E-state index contributed by atoms with van der Waals surface area (Å²) in [7, 11) is 0. The molecule has 132 valence electrons. The molecule has 0 aliphatic carbocycles. The van der Waals surface area contributed by atoms with Crippen LogP contribution in [-0.4, -0.2) is 32.4 Å². The predicted molar refractivity (Wildman–Crippen MR) is 91.6 cm³/mol. The van der Waals surface area contributed by atoms with Crippen molar-refractivity contribution >= 4 is 11.8 Å². The topological polar surface area (TPSA) is 103 Å². The summed E-state index contributed by atoms with van der Waals surface area (Å²) in [5.41, 5.74) is 2.01. The molecule has 0 atom stereocenters. The summed E-state index contributed by atoms with van der Waals surface area (Å²) < 4.78 is 5.71. The van der Waals surface area contributed by atoms with E-state index >= 15 is 0 Å². The summed E-state index contributed by atoms with van der Waals surface area (Å²) in [6.07, 6.45) is -0.576. The number of hydroxylamine groups is 2. The van der Waals surface area contributed by atoms with E-state index in [9.17, 15) is 10.0 Å². The van der Waals surface area contributed by atoms with Crippen molar-refractivity contribution in [1.29, 1.82) is 0 Å². The van der Waals surface area contributed by atoms with E-state index in [1.807, 2.05) is 6.92 Å². The summed E-state index contributed by atoms with van der Waals surface area (Å²) in [6, 6.07) is 13.3. The van der Waals surface area contributed by atoms with E-state index in [0.717, 1.165) is 12.1 Å². The molecule has 0 radical (unpaired) electrons. The van der Waals surface area contributed by atoms with E-state index in [2.05, 4.69) is 5.16 Å². The van der Waals surface area contributed by atoms with Crippen LogP contribution < -0.4 is 4.74 Å². The van der Waals surface area contributed by atoms with Gasteiger partial charge in [-0.2, -0.15) is 5.06 Å². The number of hydrogen-bond donors (Lipinski definition) is 3. The van der Waals surface area contributed by atoms with Gasteiger partial charge in [0.15, 0.2) is 0 Å². The Balaban J connectivity index is 0.000000326. The molecule has 1 aliphatic rings. The highest BCUT2D eigenvalue weighted by Gasteiger charge is 2.33. The Morgan fingerprint density at radius 2 is 1.60 bits per heavy atom. The van der Waals surface area contributed by atoms with Crippen molar-refractivity contribution < 1.29 is 25.1 Å². The Morgan fingerprint density at radius 1 is 1.12 bits per heavy atom. The molecule has 25 heavy (non-hydrogen) atoms. The number of hydrogen-bond acceptors (Lipinski definition) is 5. The largest absolute Gasteiger partial charge is 0.463 e. The van der Waals surface area contributed by atoms with Crippen molar-refractivity contribution in [1.82, 2.24) is 5.06 Å². The van der Waals surface area contributed by atoms with Crippen molar-refractivity contribution in [3.05, 3.63) is 59.7 Å². The highest BCUT2D eigenvalue weighted by atomic mass is 16.6. The Bertz CT molecular complexity index is 730. The van der Waals surface area contributed by atoms with Gasteiger partial charge in [0.05, 0.1) is 5.71 Å². The molecule has 1 amide bonds. The molecule has 7 heteroatoms.